The van der Waals surface area contributed by atoms with Gasteiger partial charge in [-0.1, -0.05) is 170 Å². The molecule has 0 fully saturated rings. The average Bonchev–Trinajstić information content (AvgIpc) is 3.85. The van der Waals surface area contributed by atoms with E-state index in [-0.39, 0.29) is 21.3 Å². The lowest BCUT2D eigenvalue weighted by Crippen LogP contribution is -2.36. The number of fused-ring (bicyclic) bond motifs is 20. The molecule has 3 aliphatic heterocycles. The summed E-state index contributed by atoms with van der Waals surface area (Å²) in [6.45, 7) is 0. The van der Waals surface area contributed by atoms with Gasteiger partial charge >= 0.3 is 0 Å². The highest BCUT2D eigenvalue weighted by molar-refractivity contribution is 7.91. The second-order valence-corrected chi connectivity index (χ2v) is 20.2. The first-order valence-corrected chi connectivity index (χ1v) is 24.6. The fraction of sp³-hybridized carbons (Fsp3) is 0.0323. The van der Waals surface area contributed by atoms with Crippen molar-refractivity contribution >= 4 is 44.0 Å². The highest BCUT2D eigenvalue weighted by Gasteiger charge is 2.53. The Bertz CT molecular complexity index is 3530. The van der Waals surface area contributed by atoms with Gasteiger partial charge in [0.25, 0.3) is 0 Å². The largest absolute Gasteiger partial charge is 0.454 e. The van der Waals surface area contributed by atoms with E-state index in [4.69, 9.17) is 4.74 Å². The molecule has 0 saturated heterocycles. The van der Waals surface area contributed by atoms with Crippen LogP contribution in [0.3, 0.4) is 0 Å². The third-order valence-corrected chi connectivity index (χ3v) is 17.1. The maximum absolute atomic E-state index is 14.8. The van der Waals surface area contributed by atoms with Crippen LogP contribution in [0.1, 0.15) is 44.5 Å². The van der Waals surface area contributed by atoms with E-state index in [2.05, 4.69) is 204 Å². The van der Waals surface area contributed by atoms with E-state index in [0.29, 0.717) is 0 Å². The Morgan fingerprint density at radius 2 is 0.574 bits per heavy atom. The van der Waals surface area contributed by atoms with Crippen LogP contribution >= 0.6 is 0 Å². The van der Waals surface area contributed by atoms with Crippen molar-refractivity contribution in [2.45, 2.75) is 20.6 Å². The molecule has 0 bridgehead atoms. The van der Waals surface area contributed by atoms with E-state index in [0.717, 1.165) is 56.4 Å². The van der Waals surface area contributed by atoms with Gasteiger partial charge in [0, 0.05) is 23.5 Å². The van der Waals surface area contributed by atoms with Crippen molar-refractivity contribution in [3.05, 3.63) is 275 Å². The zero-order chi connectivity index (χ0) is 44.9. The lowest BCUT2D eigenvalue weighted by Gasteiger charge is -2.45. The molecular formula is C62H38N2O3S. The fourth-order valence-corrected chi connectivity index (χ4v) is 14.3. The number of anilines is 6. The molecule has 5 aliphatic rings. The Balaban J connectivity index is 0.879. The first-order valence-electron chi connectivity index (χ1n) is 23.1. The fourth-order valence-electron chi connectivity index (χ4n) is 12.8. The van der Waals surface area contributed by atoms with Gasteiger partial charge in [-0.3, -0.25) is 0 Å². The molecule has 6 heteroatoms. The number of hydrogen-bond acceptors (Lipinski definition) is 5. The number of rotatable bonds is 2. The van der Waals surface area contributed by atoms with Gasteiger partial charge in [-0.25, -0.2) is 8.42 Å². The summed E-state index contributed by atoms with van der Waals surface area (Å²) in [5.74, 6) is 0.577. The van der Waals surface area contributed by atoms with Crippen LogP contribution in [0.5, 0.6) is 11.5 Å². The smallest absolute Gasteiger partial charge is 0.213 e. The minimum Gasteiger partial charge on any atom is -0.454 e. The normalized spacial score (nSPS) is 15.9. The second-order valence-electron chi connectivity index (χ2n) is 18.3. The number of benzene rings is 10. The molecule has 10 aromatic rings. The number of ether oxygens (including phenoxy) is 1. The van der Waals surface area contributed by atoms with Crippen molar-refractivity contribution in [3.63, 3.8) is 0 Å². The quantitative estimate of drug-likeness (QED) is 0.173. The van der Waals surface area contributed by atoms with Crippen molar-refractivity contribution < 1.29 is 13.2 Å². The summed E-state index contributed by atoms with van der Waals surface area (Å²) in [7, 11) is -3.97. The summed E-state index contributed by atoms with van der Waals surface area (Å²) in [6, 6.07) is 80.6. The van der Waals surface area contributed by atoms with Gasteiger partial charge in [0.2, 0.25) is 9.84 Å². The predicted molar refractivity (Wildman–Crippen MR) is 269 cm³/mol. The standard InChI is InChI=1S/C62H38N2O3S/c65-68(66)59-35-33-39(63-53-29-13-9-25-49(53)61(50-26-10-14-30-54(50)63)45-21-5-1-17-41(45)42-18-2-6-22-46(42)61)37-57(59)67-58-38-40(34-36-60(58)68)64-55-31-15-11-27-51(55)62(52-28-12-16-32-56(52)64)47-23-7-3-19-43(47)44-20-4-8-24-48(44)62/h1-38H. The molecule has 3 heterocycles. The monoisotopic (exact) mass is 890 g/mol. The van der Waals surface area contributed by atoms with Crippen LogP contribution in [0.2, 0.25) is 0 Å². The predicted octanol–water partition coefficient (Wildman–Crippen LogP) is 14.9. The summed E-state index contributed by atoms with van der Waals surface area (Å²) in [5, 5.41) is 0. The van der Waals surface area contributed by atoms with Crippen molar-refractivity contribution in [2.75, 3.05) is 9.80 Å². The first-order chi connectivity index (χ1) is 33.5. The molecule has 15 rings (SSSR count). The third kappa shape index (κ3) is 4.53. The SMILES string of the molecule is O=S1(=O)c2ccc(N3c4ccccc4C4(c5ccccc5-c5ccccc54)c4ccccc43)cc2Oc2cc(N3c4ccccc4C4(c5ccccc5-c5ccccc54)c4ccccc43)ccc21. The molecule has 5 nitrogen and oxygen atoms in total. The van der Waals surface area contributed by atoms with Crippen molar-refractivity contribution in [1.29, 1.82) is 0 Å². The minimum atomic E-state index is -3.97. The van der Waals surface area contributed by atoms with Crippen LogP contribution in [0, 0.1) is 0 Å². The molecule has 0 N–H and O–H groups in total. The summed E-state index contributed by atoms with van der Waals surface area (Å²) in [5.41, 5.74) is 19.1. The van der Waals surface area contributed by atoms with Gasteiger partial charge in [0.15, 0.2) is 0 Å². The van der Waals surface area contributed by atoms with Crippen molar-refractivity contribution in [2.24, 2.45) is 0 Å². The third-order valence-electron chi connectivity index (χ3n) is 15.3. The van der Waals surface area contributed by atoms with Gasteiger partial charge in [-0.05, 0) is 115 Å². The first kappa shape index (κ1) is 37.7. The number of hydrogen-bond donors (Lipinski definition) is 0. The molecule has 320 valence electrons. The molecule has 10 aromatic carbocycles. The molecule has 0 radical (unpaired) electrons. The summed E-state index contributed by atoms with van der Waals surface area (Å²) in [6.07, 6.45) is 0. The van der Waals surface area contributed by atoms with Crippen LogP contribution < -0.4 is 14.5 Å². The Morgan fingerprint density at radius 3 is 0.882 bits per heavy atom. The molecule has 2 spiro atoms. The zero-order valence-corrected chi connectivity index (χ0v) is 37.3. The summed E-state index contributed by atoms with van der Waals surface area (Å²) < 4.78 is 36.4. The Hall–Kier alpha value is -8.45. The highest BCUT2D eigenvalue weighted by Crippen LogP contribution is 2.65. The maximum Gasteiger partial charge on any atom is 0.213 e. The van der Waals surface area contributed by atoms with Gasteiger partial charge in [-0.2, -0.15) is 0 Å². The molecule has 2 aliphatic carbocycles. The van der Waals surface area contributed by atoms with Gasteiger partial charge in [0.1, 0.15) is 21.3 Å². The van der Waals surface area contributed by atoms with Crippen LogP contribution in [-0.4, -0.2) is 8.42 Å². The molecule has 0 unspecified atom stereocenters. The minimum absolute atomic E-state index is 0.143. The second kappa shape index (κ2) is 13.3. The van der Waals surface area contributed by atoms with E-state index in [1.54, 1.807) is 12.1 Å². The topological polar surface area (TPSA) is 49.9 Å². The van der Waals surface area contributed by atoms with E-state index in [1.807, 2.05) is 24.3 Å². The van der Waals surface area contributed by atoms with E-state index in [1.165, 1.54) is 44.5 Å². The van der Waals surface area contributed by atoms with Gasteiger partial charge in [0.05, 0.1) is 33.6 Å². The summed E-state index contributed by atoms with van der Waals surface area (Å²) in [4.78, 5) is 4.81. The Labute approximate surface area is 394 Å². The molecular weight excluding hydrogens is 853 g/mol. The average molecular weight is 891 g/mol. The van der Waals surface area contributed by atoms with Crippen LogP contribution in [0.15, 0.2) is 240 Å². The lowest BCUT2D eigenvalue weighted by molar-refractivity contribution is 0.443. The molecule has 0 atom stereocenters. The Morgan fingerprint density at radius 1 is 0.309 bits per heavy atom. The number of para-hydroxylation sites is 4. The van der Waals surface area contributed by atoms with Gasteiger partial charge < -0.3 is 14.5 Å². The van der Waals surface area contributed by atoms with E-state index < -0.39 is 20.7 Å². The Kier molecular flexibility index (Phi) is 7.41. The van der Waals surface area contributed by atoms with Gasteiger partial charge in [-0.15, -0.1) is 0 Å². The molecule has 0 saturated carbocycles. The molecule has 0 amide bonds. The van der Waals surface area contributed by atoms with E-state index in [9.17, 15) is 8.42 Å². The van der Waals surface area contributed by atoms with Crippen molar-refractivity contribution in [1.82, 2.24) is 0 Å². The van der Waals surface area contributed by atoms with Crippen LogP contribution in [-0.2, 0) is 20.7 Å². The molecule has 68 heavy (non-hydrogen) atoms. The van der Waals surface area contributed by atoms with Crippen molar-refractivity contribution in [3.8, 4) is 33.8 Å². The summed E-state index contributed by atoms with van der Waals surface area (Å²) >= 11 is 0. The lowest BCUT2D eigenvalue weighted by atomic mass is 9.64. The highest BCUT2D eigenvalue weighted by atomic mass is 32.2. The van der Waals surface area contributed by atoms with Crippen LogP contribution in [0.25, 0.3) is 22.3 Å². The maximum atomic E-state index is 14.8. The number of sulfone groups is 1. The van der Waals surface area contributed by atoms with E-state index >= 15 is 0 Å². The molecule has 0 aromatic heterocycles. The zero-order valence-electron chi connectivity index (χ0n) is 36.5. The number of nitrogens with zero attached hydrogens (tertiary/aromatic N) is 2. The van der Waals surface area contributed by atoms with Crippen LogP contribution in [0.4, 0.5) is 34.1 Å².